The van der Waals surface area contributed by atoms with Crippen molar-refractivity contribution in [2.24, 2.45) is 0 Å². The summed E-state index contributed by atoms with van der Waals surface area (Å²) in [5, 5.41) is 11.9. The Labute approximate surface area is 194 Å². The normalized spacial score (nSPS) is 18.3. The van der Waals surface area contributed by atoms with Crippen molar-refractivity contribution in [2.75, 3.05) is 13.2 Å². The minimum absolute atomic E-state index is 0.0924. The third-order valence-electron chi connectivity index (χ3n) is 5.55. The van der Waals surface area contributed by atoms with Crippen molar-refractivity contribution in [1.82, 2.24) is 4.90 Å². The Morgan fingerprint density at radius 2 is 1.75 bits per heavy atom. The molecule has 32 heavy (non-hydrogen) atoms. The van der Waals surface area contributed by atoms with Crippen molar-refractivity contribution in [2.45, 2.75) is 52.5 Å². The van der Waals surface area contributed by atoms with Crippen LogP contribution in [-0.4, -0.2) is 34.8 Å². The van der Waals surface area contributed by atoms with Crippen LogP contribution in [0.25, 0.3) is 5.76 Å². The van der Waals surface area contributed by atoms with Gasteiger partial charge in [0.2, 0.25) is 0 Å². The highest BCUT2D eigenvalue weighted by atomic mass is 35.5. The minimum atomic E-state index is -0.679. The number of Topliss-reactive ketones (excluding diaryl/α,β-unsaturated/α-hetero) is 1. The molecule has 3 rings (SSSR count). The number of likely N-dealkylation sites (tertiary alicyclic amines) is 1. The zero-order chi connectivity index (χ0) is 23.6. The van der Waals surface area contributed by atoms with Crippen LogP contribution in [0.5, 0.6) is 5.75 Å². The highest BCUT2D eigenvalue weighted by molar-refractivity contribution is 6.46. The molecule has 0 bridgehead atoms. The van der Waals surface area contributed by atoms with E-state index >= 15 is 0 Å². The van der Waals surface area contributed by atoms with Gasteiger partial charge in [0.15, 0.2) is 0 Å². The van der Waals surface area contributed by atoms with E-state index < -0.39 is 17.7 Å². The molecule has 1 fully saturated rings. The number of nitrogens with zero attached hydrogens (tertiary/aromatic N) is 1. The Morgan fingerprint density at radius 3 is 2.31 bits per heavy atom. The predicted molar refractivity (Wildman–Crippen MR) is 127 cm³/mol. The summed E-state index contributed by atoms with van der Waals surface area (Å²) in [7, 11) is 0. The van der Waals surface area contributed by atoms with Gasteiger partial charge >= 0.3 is 0 Å². The van der Waals surface area contributed by atoms with Gasteiger partial charge in [-0.1, -0.05) is 51.4 Å². The van der Waals surface area contributed by atoms with E-state index in [9.17, 15) is 14.7 Å². The molecule has 1 aliphatic heterocycles. The first-order chi connectivity index (χ1) is 15.1. The molecule has 5 nitrogen and oxygen atoms in total. The van der Waals surface area contributed by atoms with Crippen molar-refractivity contribution >= 4 is 29.1 Å². The maximum Gasteiger partial charge on any atom is 0.295 e. The lowest BCUT2D eigenvalue weighted by atomic mass is 9.84. The number of aliphatic hydroxyl groups is 1. The monoisotopic (exact) mass is 455 g/mol. The molecule has 1 saturated heterocycles. The predicted octanol–water partition coefficient (Wildman–Crippen LogP) is 5.87. The fraction of sp³-hybridized carbons (Fsp3) is 0.385. The van der Waals surface area contributed by atoms with E-state index in [1.165, 1.54) is 4.90 Å². The van der Waals surface area contributed by atoms with Gasteiger partial charge in [-0.05, 0) is 54.7 Å². The van der Waals surface area contributed by atoms with Gasteiger partial charge in [0.1, 0.15) is 11.5 Å². The molecule has 170 valence electrons. The van der Waals surface area contributed by atoms with E-state index in [0.29, 0.717) is 30.2 Å². The fourth-order valence-electron chi connectivity index (χ4n) is 4.04. The number of ketones is 1. The largest absolute Gasteiger partial charge is 0.507 e. The van der Waals surface area contributed by atoms with E-state index in [0.717, 1.165) is 16.9 Å². The lowest BCUT2D eigenvalue weighted by molar-refractivity contribution is -0.139. The number of rotatable bonds is 6. The van der Waals surface area contributed by atoms with Crippen molar-refractivity contribution in [3.05, 3.63) is 69.8 Å². The molecule has 1 heterocycles. The summed E-state index contributed by atoms with van der Waals surface area (Å²) in [6.07, 6.45) is 0.689. The summed E-state index contributed by atoms with van der Waals surface area (Å²) in [5.74, 6) is -0.731. The SMILES string of the molecule is CCCN1C(=O)C(=O)/C(=C(\O)c2ccc(OCC)c(C(C)(C)C)c2)C1c1ccc(Cl)cc1. The number of aliphatic hydroxyl groups excluding tert-OH is 1. The fourth-order valence-corrected chi connectivity index (χ4v) is 4.17. The Kier molecular flexibility index (Phi) is 6.99. The highest BCUT2D eigenvalue weighted by Gasteiger charge is 2.45. The summed E-state index contributed by atoms with van der Waals surface area (Å²) in [4.78, 5) is 27.4. The molecule has 2 aromatic carbocycles. The van der Waals surface area contributed by atoms with Crippen molar-refractivity contribution in [3.8, 4) is 5.75 Å². The number of halogens is 1. The summed E-state index contributed by atoms with van der Waals surface area (Å²) in [6.45, 7) is 11.0. The topological polar surface area (TPSA) is 66.8 Å². The molecule has 6 heteroatoms. The zero-order valence-corrected chi connectivity index (χ0v) is 20.0. The van der Waals surface area contributed by atoms with Gasteiger partial charge < -0.3 is 14.7 Å². The first kappa shape index (κ1) is 23.9. The summed E-state index contributed by atoms with van der Waals surface area (Å²) >= 11 is 6.05. The lowest BCUT2D eigenvalue weighted by Crippen LogP contribution is -2.30. The summed E-state index contributed by atoms with van der Waals surface area (Å²) < 4.78 is 5.77. The maximum atomic E-state index is 13.0. The number of carbonyl (C=O) groups is 2. The smallest absolute Gasteiger partial charge is 0.295 e. The first-order valence-electron chi connectivity index (χ1n) is 10.9. The standard InChI is InChI=1S/C26H30ClNO4/c1-6-14-28-22(16-8-11-18(27)12-9-16)21(24(30)25(28)31)23(29)17-10-13-20(32-7-2)19(15-17)26(3,4)5/h8-13,15,22,29H,6-7,14H2,1-5H3/b23-21-. The lowest BCUT2D eigenvalue weighted by Gasteiger charge is -2.25. The Hall–Kier alpha value is -2.79. The van der Waals surface area contributed by atoms with Crippen LogP contribution in [0.3, 0.4) is 0 Å². The third kappa shape index (κ3) is 4.53. The van der Waals surface area contributed by atoms with E-state index in [1.54, 1.807) is 36.4 Å². The number of hydrogen-bond acceptors (Lipinski definition) is 4. The van der Waals surface area contributed by atoms with Crippen LogP contribution in [0.2, 0.25) is 5.02 Å². The van der Waals surface area contributed by atoms with Crippen LogP contribution >= 0.6 is 11.6 Å². The average molecular weight is 456 g/mol. The number of ether oxygens (including phenoxy) is 1. The molecular formula is C26H30ClNO4. The average Bonchev–Trinajstić information content (AvgIpc) is 2.99. The van der Waals surface area contributed by atoms with Crippen LogP contribution in [0.15, 0.2) is 48.0 Å². The van der Waals surface area contributed by atoms with Gasteiger partial charge in [0.25, 0.3) is 11.7 Å². The van der Waals surface area contributed by atoms with E-state index in [2.05, 4.69) is 20.8 Å². The zero-order valence-electron chi connectivity index (χ0n) is 19.2. The quantitative estimate of drug-likeness (QED) is 0.336. The second kappa shape index (κ2) is 9.37. The van der Waals surface area contributed by atoms with Crippen molar-refractivity contribution in [1.29, 1.82) is 0 Å². The summed E-state index contributed by atoms with van der Waals surface area (Å²) in [6, 6.07) is 11.7. The molecule has 0 spiro atoms. The van der Waals surface area contributed by atoms with E-state index in [-0.39, 0.29) is 16.7 Å². The Bertz CT molecular complexity index is 1050. The number of amides is 1. The van der Waals surface area contributed by atoms with Crippen LogP contribution in [0, 0.1) is 0 Å². The van der Waals surface area contributed by atoms with Crippen LogP contribution in [0.1, 0.15) is 63.8 Å². The molecule has 2 aromatic rings. The van der Waals surface area contributed by atoms with Gasteiger partial charge in [-0.3, -0.25) is 9.59 Å². The molecular weight excluding hydrogens is 426 g/mol. The van der Waals surface area contributed by atoms with Crippen LogP contribution in [-0.2, 0) is 15.0 Å². The Balaban J connectivity index is 2.21. The van der Waals surface area contributed by atoms with Gasteiger partial charge in [-0.2, -0.15) is 0 Å². The molecule has 0 aromatic heterocycles. The molecule has 1 amide bonds. The minimum Gasteiger partial charge on any atom is -0.507 e. The maximum absolute atomic E-state index is 13.0. The molecule has 1 N–H and O–H groups in total. The molecule has 0 saturated carbocycles. The van der Waals surface area contributed by atoms with Gasteiger partial charge in [-0.25, -0.2) is 0 Å². The number of carbonyl (C=O) groups excluding carboxylic acids is 2. The van der Waals surface area contributed by atoms with Gasteiger partial charge in [0.05, 0.1) is 18.2 Å². The van der Waals surface area contributed by atoms with Crippen LogP contribution < -0.4 is 4.74 Å². The molecule has 1 aliphatic rings. The van der Waals surface area contributed by atoms with E-state index in [1.807, 2.05) is 19.9 Å². The number of hydrogen-bond donors (Lipinski definition) is 1. The summed E-state index contributed by atoms with van der Waals surface area (Å²) in [5.41, 5.74) is 1.96. The van der Waals surface area contributed by atoms with Crippen molar-refractivity contribution < 1.29 is 19.4 Å². The Morgan fingerprint density at radius 1 is 1.09 bits per heavy atom. The molecule has 0 aliphatic carbocycles. The first-order valence-corrected chi connectivity index (χ1v) is 11.3. The third-order valence-corrected chi connectivity index (χ3v) is 5.80. The van der Waals surface area contributed by atoms with Crippen LogP contribution in [0.4, 0.5) is 0 Å². The second-order valence-electron chi connectivity index (χ2n) is 8.94. The number of benzene rings is 2. The molecule has 1 unspecified atom stereocenters. The van der Waals surface area contributed by atoms with E-state index in [4.69, 9.17) is 16.3 Å². The second-order valence-corrected chi connectivity index (χ2v) is 9.37. The molecule has 0 radical (unpaired) electrons. The van der Waals surface area contributed by atoms with Gasteiger partial charge in [0, 0.05) is 22.7 Å². The highest BCUT2D eigenvalue weighted by Crippen LogP contribution is 2.41. The van der Waals surface area contributed by atoms with Gasteiger partial charge in [-0.15, -0.1) is 0 Å². The molecule has 1 atom stereocenters. The van der Waals surface area contributed by atoms with Crippen molar-refractivity contribution in [3.63, 3.8) is 0 Å².